The van der Waals surface area contributed by atoms with Gasteiger partial charge in [0.2, 0.25) is 5.91 Å². The van der Waals surface area contributed by atoms with Crippen LogP contribution in [0.25, 0.3) is 10.9 Å². The zero-order valence-electron chi connectivity index (χ0n) is 13.2. The number of aromatic nitrogens is 2. The average molecular weight is 309 g/mol. The number of pyridine rings is 1. The Balaban J connectivity index is 2.10. The molecular formula is C18H19N3O2. The molecule has 1 atom stereocenters. The van der Waals surface area contributed by atoms with Crippen LogP contribution < -0.4 is 10.1 Å². The van der Waals surface area contributed by atoms with E-state index in [9.17, 15) is 4.79 Å². The van der Waals surface area contributed by atoms with Crippen molar-refractivity contribution in [3.05, 3.63) is 60.0 Å². The lowest BCUT2D eigenvalue weighted by Gasteiger charge is -2.17. The molecule has 0 bridgehead atoms. The van der Waals surface area contributed by atoms with Gasteiger partial charge in [0.05, 0.1) is 7.11 Å². The summed E-state index contributed by atoms with van der Waals surface area (Å²) in [6, 6.07) is 11.8. The van der Waals surface area contributed by atoms with E-state index in [1.54, 1.807) is 20.4 Å². The molecule has 23 heavy (non-hydrogen) atoms. The first kappa shape index (κ1) is 15.1. The van der Waals surface area contributed by atoms with Crippen molar-refractivity contribution in [1.29, 1.82) is 0 Å². The quantitative estimate of drug-likeness (QED) is 0.761. The highest BCUT2D eigenvalue weighted by atomic mass is 16.5. The highest BCUT2D eigenvalue weighted by molar-refractivity contribution is 5.87. The van der Waals surface area contributed by atoms with E-state index in [2.05, 4.69) is 21.4 Å². The summed E-state index contributed by atoms with van der Waals surface area (Å²) >= 11 is 0. The molecule has 1 aromatic carbocycles. The number of fused-ring (bicyclic) bond motifs is 1. The van der Waals surface area contributed by atoms with Crippen molar-refractivity contribution in [2.24, 2.45) is 0 Å². The van der Waals surface area contributed by atoms with Crippen molar-refractivity contribution >= 4 is 16.8 Å². The van der Waals surface area contributed by atoms with Gasteiger partial charge >= 0.3 is 0 Å². The highest BCUT2D eigenvalue weighted by Crippen LogP contribution is 2.34. The molecule has 118 valence electrons. The Bertz CT molecular complexity index is 812. The Morgan fingerprint density at radius 1 is 1.35 bits per heavy atom. The van der Waals surface area contributed by atoms with Crippen LogP contribution in [0.4, 0.5) is 0 Å². The molecule has 2 N–H and O–H groups in total. The third kappa shape index (κ3) is 3.04. The molecule has 3 rings (SSSR count). The second kappa shape index (κ2) is 6.52. The summed E-state index contributed by atoms with van der Waals surface area (Å²) in [5.74, 6) is 0.639. The molecular weight excluding hydrogens is 290 g/mol. The van der Waals surface area contributed by atoms with E-state index in [1.807, 2.05) is 36.5 Å². The van der Waals surface area contributed by atoms with E-state index in [0.29, 0.717) is 6.42 Å². The van der Waals surface area contributed by atoms with E-state index in [0.717, 1.165) is 27.9 Å². The van der Waals surface area contributed by atoms with Crippen LogP contribution in [-0.4, -0.2) is 30.0 Å². The van der Waals surface area contributed by atoms with Crippen LogP contribution >= 0.6 is 0 Å². The van der Waals surface area contributed by atoms with Gasteiger partial charge in [0.1, 0.15) is 5.75 Å². The largest absolute Gasteiger partial charge is 0.496 e. The van der Waals surface area contributed by atoms with E-state index in [4.69, 9.17) is 4.74 Å². The van der Waals surface area contributed by atoms with E-state index in [-0.39, 0.29) is 11.8 Å². The van der Waals surface area contributed by atoms with Gasteiger partial charge in [-0.25, -0.2) is 0 Å². The second-order valence-electron chi connectivity index (χ2n) is 5.35. The number of aromatic amines is 1. The maximum atomic E-state index is 12.0. The number of amides is 1. The van der Waals surface area contributed by atoms with Crippen LogP contribution in [0.3, 0.4) is 0 Å². The van der Waals surface area contributed by atoms with E-state index in [1.165, 1.54) is 0 Å². The van der Waals surface area contributed by atoms with Crippen LogP contribution in [0.2, 0.25) is 0 Å². The molecule has 5 nitrogen and oxygen atoms in total. The van der Waals surface area contributed by atoms with E-state index >= 15 is 0 Å². The SMILES string of the molecule is CNC(=O)CC(c1cc(OC)c2cc[nH]c2c1)c1ccccn1. The first-order chi connectivity index (χ1) is 11.2. The monoisotopic (exact) mass is 309 g/mol. The lowest BCUT2D eigenvalue weighted by atomic mass is 9.90. The number of carbonyl (C=O) groups is 1. The maximum absolute atomic E-state index is 12.0. The Kier molecular flexibility index (Phi) is 4.28. The third-order valence-corrected chi connectivity index (χ3v) is 3.99. The second-order valence-corrected chi connectivity index (χ2v) is 5.35. The average Bonchev–Trinajstić information content (AvgIpc) is 3.07. The fourth-order valence-corrected chi connectivity index (χ4v) is 2.79. The van der Waals surface area contributed by atoms with Crippen LogP contribution in [0.5, 0.6) is 5.75 Å². The number of hydrogen-bond acceptors (Lipinski definition) is 3. The molecule has 1 unspecified atom stereocenters. The summed E-state index contributed by atoms with van der Waals surface area (Å²) in [6.45, 7) is 0. The van der Waals surface area contributed by atoms with Crippen molar-refractivity contribution in [1.82, 2.24) is 15.3 Å². The fraction of sp³-hybridized carbons (Fsp3) is 0.222. The number of benzene rings is 1. The van der Waals surface area contributed by atoms with Crippen LogP contribution in [0.15, 0.2) is 48.8 Å². The molecule has 0 radical (unpaired) electrons. The smallest absolute Gasteiger partial charge is 0.220 e. The van der Waals surface area contributed by atoms with Crippen LogP contribution in [-0.2, 0) is 4.79 Å². The fourth-order valence-electron chi connectivity index (χ4n) is 2.79. The lowest BCUT2D eigenvalue weighted by molar-refractivity contribution is -0.120. The molecule has 3 aromatic rings. The summed E-state index contributed by atoms with van der Waals surface area (Å²) in [5, 5.41) is 3.71. The Morgan fingerprint density at radius 2 is 2.22 bits per heavy atom. The Hall–Kier alpha value is -2.82. The number of ether oxygens (including phenoxy) is 1. The van der Waals surface area contributed by atoms with Gasteiger partial charge in [-0.05, 0) is 35.9 Å². The van der Waals surface area contributed by atoms with Gasteiger partial charge in [-0.3, -0.25) is 9.78 Å². The van der Waals surface area contributed by atoms with Crippen molar-refractivity contribution in [3.8, 4) is 5.75 Å². The molecule has 0 aliphatic carbocycles. The summed E-state index contributed by atoms with van der Waals surface area (Å²) in [4.78, 5) is 19.6. The third-order valence-electron chi connectivity index (χ3n) is 3.99. The van der Waals surface area contributed by atoms with Crippen molar-refractivity contribution in [2.45, 2.75) is 12.3 Å². The topological polar surface area (TPSA) is 67.0 Å². The number of nitrogens with one attached hydrogen (secondary N) is 2. The van der Waals surface area contributed by atoms with Crippen molar-refractivity contribution in [3.63, 3.8) is 0 Å². The molecule has 0 saturated heterocycles. The molecule has 0 saturated carbocycles. The van der Waals surface area contributed by atoms with Gasteiger partial charge in [0, 0.05) is 48.4 Å². The minimum atomic E-state index is -0.127. The molecule has 0 aliphatic heterocycles. The maximum Gasteiger partial charge on any atom is 0.220 e. The van der Waals surface area contributed by atoms with Crippen molar-refractivity contribution in [2.75, 3.05) is 14.2 Å². The van der Waals surface area contributed by atoms with Gasteiger partial charge in [0.25, 0.3) is 0 Å². The minimum Gasteiger partial charge on any atom is -0.496 e. The Labute approximate surface area is 134 Å². The van der Waals surface area contributed by atoms with Gasteiger partial charge in [-0.15, -0.1) is 0 Å². The first-order valence-electron chi connectivity index (χ1n) is 7.49. The van der Waals surface area contributed by atoms with Crippen LogP contribution in [0, 0.1) is 0 Å². The highest BCUT2D eigenvalue weighted by Gasteiger charge is 2.21. The van der Waals surface area contributed by atoms with Crippen LogP contribution in [0.1, 0.15) is 23.6 Å². The molecule has 0 fully saturated rings. The Morgan fingerprint density at radius 3 is 2.91 bits per heavy atom. The van der Waals surface area contributed by atoms with Gasteiger partial charge in [-0.2, -0.15) is 0 Å². The molecule has 5 heteroatoms. The van der Waals surface area contributed by atoms with Gasteiger partial charge in [0.15, 0.2) is 0 Å². The number of rotatable bonds is 5. The molecule has 0 aliphatic rings. The number of H-pyrrole nitrogens is 1. The first-order valence-corrected chi connectivity index (χ1v) is 7.49. The summed E-state index contributed by atoms with van der Waals surface area (Å²) in [5.41, 5.74) is 2.85. The summed E-state index contributed by atoms with van der Waals surface area (Å²) in [7, 11) is 3.30. The molecule has 2 aromatic heterocycles. The van der Waals surface area contributed by atoms with Crippen molar-refractivity contribution < 1.29 is 9.53 Å². The standard InChI is InChI=1S/C18H19N3O2/c1-19-18(22)11-14(15-5-3-4-7-20-15)12-9-16-13(6-8-21-16)17(10-12)23-2/h3-10,14,21H,11H2,1-2H3,(H,19,22). The normalized spacial score (nSPS) is 12.1. The zero-order valence-corrected chi connectivity index (χ0v) is 13.2. The lowest BCUT2D eigenvalue weighted by Crippen LogP contribution is -2.21. The number of carbonyl (C=O) groups excluding carboxylic acids is 1. The molecule has 2 heterocycles. The minimum absolute atomic E-state index is 0.0220. The van der Waals surface area contributed by atoms with Gasteiger partial charge in [-0.1, -0.05) is 6.07 Å². The molecule has 1 amide bonds. The summed E-state index contributed by atoms with van der Waals surface area (Å²) in [6.07, 6.45) is 3.96. The predicted octanol–water partition coefficient (Wildman–Crippen LogP) is 2.84. The van der Waals surface area contributed by atoms with Gasteiger partial charge < -0.3 is 15.0 Å². The predicted molar refractivity (Wildman–Crippen MR) is 89.6 cm³/mol. The zero-order chi connectivity index (χ0) is 16.2. The molecule has 0 spiro atoms. The summed E-state index contributed by atoms with van der Waals surface area (Å²) < 4.78 is 5.50. The van der Waals surface area contributed by atoms with E-state index < -0.39 is 0 Å². The number of methoxy groups -OCH3 is 1. The number of hydrogen-bond donors (Lipinski definition) is 2. The number of nitrogens with zero attached hydrogens (tertiary/aromatic N) is 1.